The van der Waals surface area contributed by atoms with E-state index in [1.807, 2.05) is 22.9 Å². The predicted octanol–water partition coefficient (Wildman–Crippen LogP) is 3.46. The molecule has 4 amide bonds. The maximum Gasteiger partial charge on any atom is 0.329 e. The van der Waals surface area contributed by atoms with Gasteiger partial charge < -0.3 is 9.72 Å². The summed E-state index contributed by atoms with van der Waals surface area (Å²) in [6.45, 7) is 0.316. The molecule has 0 radical (unpaired) electrons. The summed E-state index contributed by atoms with van der Waals surface area (Å²) in [5.41, 5.74) is 3.85. The van der Waals surface area contributed by atoms with Crippen molar-refractivity contribution in [1.82, 2.24) is 29.7 Å². The van der Waals surface area contributed by atoms with E-state index in [0.717, 1.165) is 29.8 Å². The number of amides is 4. The van der Waals surface area contributed by atoms with Crippen molar-refractivity contribution < 1.29 is 14.4 Å². The van der Waals surface area contributed by atoms with Gasteiger partial charge in [-0.1, -0.05) is 11.6 Å². The van der Waals surface area contributed by atoms with E-state index in [4.69, 9.17) is 16.6 Å². The summed E-state index contributed by atoms with van der Waals surface area (Å²) in [4.78, 5) is 56.1. The van der Waals surface area contributed by atoms with Gasteiger partial charge in [0.2, 0.25) is 17.8 Å². The summed E-state index contributed by atoms with van der Waals surface area (Å²) in [6.07, 6.45) is 10.0. The zero-order chi connectivity index (χ0) is 27.4. The number of anilines is 3. The number of hydrogen-bond donors (Lipinski definition) is 3. The monoisotopic (exact) mass is 557 g/mol. The van der Waals surface area contributed by atoms with E-state index in [2.05, 4.69) is 30.9 Å². The first-order valence-corrected chi connectivity index (χ1v) is 13.4. The lowest BCUT2D eigenvalue weighted by Gasteiger charge is -2.15. The third-order valence-corrected chi connectivity index (χ3v) is 7.56. The molecule has 2 aliphatic carbocycles. The minimum absolute atomic E-state index is 0.0320. The van der Waals surface area contributed by atoms with Gasteiger partial charge in [-0.15, -0.1) is 0 Å². The van der Waals surface area contributed by atoms with Crippen LogP contribution in [0.1, 0.15) is 48.0 Å². The molecule has 0 spiro atoms. The van der Waals surface area contributed by atoms with Crippen LogP contribution < -0.4 is 20.9 Å². The fourth-order valence-electron chi connectivity index (χ4n) is 5.05. The molecule has 0 unspecified atom stereocenters. The molecule has 4 aromatic heterocycles. The number of carbonyl (C=O) groups excluding carboxylic acids is 3. The standard InChI is InChI=1S/C27H24ClN9O3/c28-16-3-5-29-20(8-16)18-9-19(18)25(39)35-26-30-6-4-22(33-26)31-10-17-12-36-11-15(14-1-2-14)7-21(24(36)32-17)37-13-23(38)34-27(37)40/h3-8,11-12,14,18-19H,1-2,9-10,13H2,(H,34,38,40)(H2,30,31,33,35,39)/t18-,19-/m0/s1. The van der Waals surface area contributed by atoms with Crippen LogP contribution in [0.3, 0.4) is 0 Å². The van der Waals surface area contributed by atoms with Crippen LogP contribution in [0.5, 0.6) is 0 Å². The van der Waals surface area contributed by atoms with Crippen molar-refractivity contribution >= 4 is 52.5 Å². The summed E-state index contributed by atoms with van der Waals surface area (Å²) in [6, 6.07) is 6.72. The van der Waals surface area contributed by atoms with Crippen LogP contribution >= 0.6 is 11.6 Å². The van der Waals surface area contributed by atoms with Crippen molar-refractivity contribution in [2.75, 3.05) is 22.1 Å². The minimum atomic E-state index is -0.445. The lowest BCUT2D eigenvalue weighted by molar-refractivity contribution is -0.118. The number of nitrogens with zero attached hydrogens (tertiary/aromatic N) is 6. The Bertz CT molecular complexity index is 1690. The molecule has 1 aliphatic heterocycles. The molecule has 40 heavy (non-hydrogen) atoms. The molecule has 2 atom stereocenters. The van der Waals surface area contributed by atoms with Gasteiger partial charge in [-0.05, 0) is 55.0 Å². The molecule has 0 bridgehead atoms. The van der Waals surface area contributed by atoms with Crippen molar-refractivity contribution in [1.29, 1.82) is 0 Å². The second kappa shape index (κ2) is 9.56. The second-order valence-corrected chi connectivity index (χ2v) is 10.7. The SMILES string of the molecule is O=C1CN(c2cc(C3CC3)cn3cc(CNc4ccnc(NC(=O)[C@H]5C[C@@H]5c5cc(Cl)ccn5)n4)nc23)C(=O)N1. The fraction of sp³-hybridized carbons (Fsp3) is 0.296. The molecular formula is C27H24ClN9O3. The first-order chi connectivity index (χ1) is 19.4. The van der Waals surface area contributed by atoms with Gasteiger partial charge in [-0.25, -0.2) is 14.8 Å². The number of halogens is 1. The van der Waals surface area contributed by atoms with Crippen LogP contribution in [-0.2, 0) is 16.1 Å². The summed E-state index contributed by atoms with van der Waals surface area (Å²) >= 11 is 6.05. The number of imide groups is 1. The predicted molar refractivity (Wildman–Crippen MR) is 146 cm³/mol. The molecule has 7 rings (SSSR count). The average molecular weight is 558 g/mol. The first-order valence-electron chi connectivity index (χ1n) is 13.0. The van der Waals surface area contributed by atoms with Crippen LogP contribution in [0.15, 0.2) is 49.1 Å². The fourth-order valence-corrected chi connectivity index (χ4v) is 5.22. The highest BCUT2D eigenvalue weighted by Gasteiger charge is 2.45. The van der Waals surface area contributed by atoms with E-state index in [-0.39, 0.29) is 36.1 Å². The molecule has 3 aliphatic rings. The maximum atomic E-state index is 12.8. The lowest BCUT2D eigenvalue weighted by Crippen LogP contribution is -2.28. The Morgan fingerprint density at radius 1 is 1.10 bits per heavy atom. The minimum Gasteiger partial charge on any atom is -0.364 e. The van der Waals surface area contributed by atoms with Crippen LogP contribution in [0, 0.1) is 5.92 Å². The van der Waals surface area contributed by atoms with Crippen LogP contribution in [-0.4, -0.2) is 48.7 Å². The van der Waals surface area contributed by atoms with E-state index < -0.39 is 6.03 Å². The number of carbonyl (C=O) groups is 3. The van der Waals surface area contributed by atoms with E-state index in [9.17, 15) is 14.4 Å². The summed E-state index contributed by atoms with van der Waals surface area (Å²) in [5.74, 6) is 0.518. The van der Waals surface area contributed by atoms with Crippen LogP contribution in [0.2, 0.25) is 5.02 Å². The molecule has 2 saturated carbocycles. The summed E-state index contributed by atoms with van der Waals surface area (Å²) in [7, 11) is 0. The van der Waals surface area contributed by atoms with Crippen molar-refractivity contribution in [3.8, 4) is 0 Å². The Morgan fingerprint density at radius 2 is 1.95 bits per heavy atom. The zero-order valence-corrected chi connectivity index (χ0v) is 21.9. The molecule has 1 saturated heterocycles. The molecule has 5 heterocycles. The maximum absolute atomic E-state index is 12.8. The Labute approximate surface area is 233 Å². The van der Waals surface area contributed by atoms with E-state index in [0.29, 0.717) is 41.1 Å². The van der Waals surface area contributed by atoms with Gasteiger partial charge in [0.1, 0.15) is 12.4 Å². The Morgan fingerprint density at radius 3 is 2.73 bits per heavy atom. The Hall–Kier alpha value is -4.58. The average Bonchev–Trinajstić information content (AvgIpc) is 3.86. The normalized spacial score (nSPS) is 20.1. The number of aromatic nitrogens is 5. The number of rotatable bonds is 8. The topological polar surface area (TPSA) is 147 Å². The zero-order valence-electron chi connectivity index (χ0n) is 21.2. The molecule has 3 fully saturated rings. The molecular weight excluding hydrogens is 534 g/mol. The van der Waals surface area contributed by atoms with E-state index >= 15 is 0 Å². The third-order valence-electron chi connectivity index (χ3n) is 7.33. The molecule has 4 aromatic rings. The third kappa shape index (κ3) is 4.81. The van der Waals surface area contributed by atoms with Crippen LogP contribution in [0.4, 0.5) is 22.2 Å². The van der Waals surface area contributed by atoms with Gasteiger partial charge in [-0.2, -0.15) is 4.98 Å². The van der Waals surface area contributed by atoms with E-state index in [1.165, 1.54) is 4.90 Å². The second-order valence-electron chi connectivity index (χ2n) is 10.3. The summed E-state index contributed by atoms with van der Waals surface area (Å²) in [5, 5.41) is 8.95. The number of nitrogens with one attached hydrogen (secondary N) is 3. The van der Waals surface area contributed by atoms with Gasteiger partial charge in [-0.3, -0.25) is 30.1 Å². The number of urea groups is 1. The van der Waals surface area contributed by atoms with Crippen molar-refractivity contribution in [3.63, 3.8) is 0 Å². The van der Waals surface area contributed by atoms with Crippen molar-refractivity contribution in [2.24, 2.45) is 5.92 Å². The van der Waals surface area contributed by atoms with Gasteiger partial charge in [0, 0.05) is 47.3 Å². The van der Waals surface area contributed by atoms with E-state index in [1.54, 1.807) is 30.6 Å². The Kier molecular flexibility index (Phi) is 5.84. The molecule has 202 valence electrons. The van der Waals surface area contributed by atoms with Crippen molar-refractivity contribution in [3.05, 3.63) is 71.0 Å². The number of imidazole rings is 1. The van der Waals surface area contributed by atoms with Gasteiger partial charge in [0.05, 0.1) is 17.9 Å². The molecule has 12 nitrogen and oxygen atoms in total. The summed E-state index contributed by atoms with van der Waals surface area (Å²) < 4.78 is 1.91. The smallest absolute Gasteiger partial charge is 0.329 e. The highest BCUT2D eigenvalue weighted by molar-refractivity contribution is 6.30. The van der Waals surface area contributed by atoms with Crippen molar-refractivity contribution in [2.45, 2.75) is 37.6 Å². The Balaban J connectivity index is 1.04. The van der Waals surface area contributed by atoms with Gasteiger partial charge in [0.25, 0.3) is 0 Å². The highest BCUT2D eigenvalue weighted by atomic mass is 35.5. The quantitative estimate of drug-likeness (QED) is 0.279. The van der Waals surface area contributed by atoms with Gasteiger partial charge >= 0.3 is 6.03 Å². The lowest BCUT2D eigenvalue weighted by atomic mass is 10.1. The number of fused-ring (bicyclic) bond motifs is 1. The van der Waals surface area contributed by atoms with Gasteiger partial charge in [0.15, 0.2) is 5.65 Å². The number of pyridine rings is 2. The molecule has 13 heteroatoms. The number of hydrogen-bond acceptors (Lipinski definition) is 8. The largest absolute Gasteiger partial charge is 0.364 e. The first kappa shape index (κ1) is 24.5. The molecule has 3 N–H and O–H groups in total. The van der Waals surface area contributed by atoms with Crippen LogP contribution in [0.25, 0.3) is 5.65 Å². The molecule has 0 aromatic carbocycles. The highest BCUT2D eigenvalue weighted by Crippen LogP contribution is 2.47.